The van der Waals surface area contributed by atoms with Crippen LogP contribution in [0.5, 0.6) is 0 Å². The number of aromatic nitrogens is 4. The van der Waals surface area contributed by atoms with Crippen molar-refractivity contribution in [3.05, 3.63) is 66.9 Å². The van der Waals surface area contributed by atoms with E-state index in [1.54, 1.807) is 12.4 Å². The Morgan fingerprint density at radius 2 is 1.83 bits per heavy atom. The first-order chi connectivity index (χ1) is 11.3. The number of H-pyrrole nitrogens is 1. The van der Waals surface area contributed by atoms with Gasteiger partial charge in [-0.05, 0) is 18.2 Å². The largest absolute Gasteiger partial charge is 0.345 e. The summed E-state index contributed by atoms with van der Waals surface area (Å²) in [5.74, 6) is -1.82. The number of nitrogens with zero attached hydrogens (tertiary/aromatic N) is 3. The second kappa shape index (κ2) is 5.24. The predicted octanol–water partition coefficient (Wildman–Crippen LogP) is 3.97. The lowest BCUT2D eigenvalue weighted by Crippen LogP contribution is -1.94. The maximum Gasteiger partial charge on any atom is 0.166 e. The molecule has 3 aromatic heterocycles. The van der Waals surface area contributed by atoms with Crippen molar-refractivity contribution in [3.63, 3.8) is 0 Å². The van der Waals surface area contributed by atoms with Crippen LogP contribution in [-0.4, -0.2) is 19.9 Å². The van der Waals surface area contributed by atoms with Crippen LogP contribution >= 0.6 is 0 Å². The second-order valence-electron chi connectivity index (χ2n) is 4.99. The minimum absolute atomic E-state index is 0.124. The van der Waals surface area contributed by atoms with E-state index in [2.05, 4.69) is 19.9 Å². The van der Waals surface area contributed by atoms with Crippen molar-refractivity contribution < 1.29 is 8.78 Å². The van der Waals surface area contributed by atoms with Crippen molar-refractivity contribution in [2.75, 3.05) is 0 Å². The number of aromatic amines is 1. The monoisotopic (exact) mass is 308 g/mol. The highest BCUT2D eigenvalue weighted by molar-refractivity contribution is 5.96. The fraction of sp³-hybridized carbons (Fsp3) is 0. The molecule has 4 aromatic rings. The summed E-state index contributed by atoms with van der Waals surface area (Å²) in [4.78, 5) is 15.5. The van der Waals surface area contributed by atoms with Gasteiger partial charge in [-0.25, -0.2) is 23.7 Å². The van der Waals surface area contributed by atoms with Crippen LogP contribution in [0.15, 0.2) is 55.2 Å². The van der Waals surface area contributed by atoms with E-state index in [-0.39, 0.29) is 5.56 Å². The molecule has 4 nitrogen and oxygen atoms in total. The molecule has 1 aromatic carbocycles. The molecular formula is C17H10F2N4. The number of hydrogen-bond donors (Lipinski definition) is 1. The van der Waals surface area contributed by atoms with E-state index in [1.807, 2.05) is 12.1 Å². The van der Waals surface area contributed by atoms with Gasteiger partial charge in [0.15, 0.2) is 11.6 Å². The molecule has 6 heteroatoms. The number of halogens is 2. The SMILES string of the molecule is Fc1cccc(-c2cncnc2-c2c[nH]c3ncccc23)c1F. The summed E-state index contributed by atoms with van der Waals surface area (Å²) >= 11 is 0. The van der Waals surface area contributed by atoms with Gasteiger partial charge in [-0.1, -0.05) is 12.1 Å². The Bertz CT molecular complexity index is 1010. The summed E-state index contributed by atoms with van der Waals surface area (Å²) in [5.41, 5.74) is 2.53. The molecule has 0 saturated carbocycles. The third kappa shape index (κ3) is 2.15. The second-order valence-corrected chi connectivity index (χ2v) is 4.99. The molecule has 0 spiro atoms. The molecule has 0 radical (unpaired) electrons. The highest BCUT2D eigenvalue weighted by atomic mass is 19.2. The quantitative estimate of drug-likeness (QED) is 0.609. The zero-order valence-electron chi connectivity index (χ0n) is 11.8. The van der Waals surface area contributed by atoms with Crippen LogP contribution in [0.3, 0.4) is 0 Å². The lowest BCUT2D eigenvalue weighted by atomic mass is 10.0. The Balaban J connectivity index is 2.00. The van der Waals surface area contributed by atoms with E-state index < -0.39 is 11.6 Å². The summed E-state index contributed by atoms with van der Waals surface area (Å²) in [6.07, 6.45) is 6.29. The van der Waals surface area contributed by atoms with Crippen LogP contribution in [-0.2, 0) is 0 Å². The minimum atomic E-state index is -0.915. The van der Waals surface area contributed by atoms with E-state index in [0.29, 0.717) is 16.9 Å². The van der Waals surface area contributed by atoms with Crippen molar-refractivity contribution in [2.45, 2.75) is 0 Å². The van der Waals surface area contributed by atoms with Gasteiger partial charge in [0.2, 0.25) is 0 Å². The van der Waals surface area contributed by atoms with Crippen LogP contribution in [0.2, 0.25) is 0 Å². The number of rotatable bonds is 2. The first-order valence-electron chi connectivity index (χ1n) is 6.92. The van der Waals surface area contributed by atoms with Crippen molar-refractivity contribution in [3.8, 4) is 22.4 Å². The molecule has 0 saturated heterocycles. The van der Waals surface area contributed by atoms with E-state index in [0.717, 1.165) is 17.0 Å². The highest BCUT2D eigenvalue weighted by Gasteiger charge is 2.17. The van der Waals surface area contributed by atoms with Crippen molar-refractivity contribution >= 4 is 11.0 Å². The lowest BCUT2D eigenvalue weighted by molar-refractivity contribution is 0.511. The Kier molecular flexibility index (Phi) is 3.08. The van der Waals surface area contributed by atoms with Crippen LogP contribution in [0, 0.1) is 11.6 Å². The third-order valence-corrected chi connectivity index (χ3v) is 3.66. The van der Waals surface area contributed by atoms with Crippen molar-refractivity contribution in [1.82, 2.24) is 19.9 Å². The molecule has 0 aliphatic heterocycles. The van der Waals surface area contributed by atoms with Crippen LogP contribution < -0.4 is 0 Å². The summed E-state index contributed by atoms with van der Waals surface area (Å²) in [7, 11) is 0. The molecule has 1 N–H and O–H groups in total. The van der Waals surface area contributed by atoms with Crippen molar-refractivity contribution in [2.24, 2.45) is 0 Å². The topological polar surface area (TPSA) is 54.5 Å². The van der Waals surface area contributed by atoms with Gasteiger partial charge in [-0.2, -0.15) is 0 Å². The van der Waals surface area contributed by atoms with Crippen LogP contribution in [0.25, 0.3) is 33.4 Å². The Labute approximate surface area is 129 Å². The molecule has 0 amide bonds. The van der Waals surface area contributed by atoms with Gasteiger partial charge in [0.25, 0.3) is 0 Å². The molecule has 0 bridgehead atoms. The number of hydrogen-bond acceptors (Lipinski definition) is 3. The fourth-order valence-electron chi connectivity index (χ4n) is 2.61. The normalized spacial score (nSPS) is 11.0. The first-order valence-corrected chi connectivity index (χ1v) is 6.92. The third-order valence-electron chi connectivity index (χ3n) is 3.66. The van der Waals surface area contributed by atoms with Gasteiger partial charge in [-0.3, -0.25) is 0 Å². The minimum Gasteiger partial charge on any atom is -0.345 e. The smallest absolute Gasteiger partial charge is 0.166 e. The molecular weight excluding hydrogens is 298 g/mol. The number of fused-ring (bicyclic) bond motifs is 1. The summed E-state index contributed by atoms with van der Waals surface area (Å²) in [6.45, 7) is 0. The van der Waals surface area contributed by atoms with Gasteiger partial charge < -0.3 is 4.98 Å². The molecule has 112 valence electrons. The fourth-order valence-corrected chi connectivity index (χ4v) is 2.61. The lowest BCUT2D eigenvalue weighted by Gasteiger charge is -2.08. The molecule has 0 atom stereocenters. The van der Waals surface area contributed by atoms with Gasteiger partial charge in [0.05, 0.1) is 5.69 Å². The van der Waals surface area contributed by atoms with E-state index in [9.17, 15) is 8.78 Å². The highest BCUT2D eigenvalue weighted by Crippen LogP contribution is 2.35. The standard InChI is InChI=1S/C17H10F2N4/c18-14-5-1-3-10(15(14)19)12-7-20-9-23-16(12)13-8-22-17-11(13)4-2-6-21-17/h1-9H,(H,21,22). The van der Waals surface area contributed by atoms with E-state index >= 15 is 0 Å². The van der Waals surface area contributed by atoms with Gasteiger partial charge in [0.1, 0.15) is 12.0 Å². The summed E-state index contributed by atoms with van der Waals surface area (Å²) < 4.78 is 27.7. The van der Waals surface area contributed by atoms with Crippen LogP contribution in [0.4, 0.5) is 8.78 Å². The molecule has 0 aliphatic carbocycles. The Hall–Kier alpha value is -3.15. The zero-order valence-corrected chi connectivity index (χ0v) is 11.8. The maximum absolute atomic E-state index is 14.2. The molecule has 4 rings (SSSR count). The predicted molar refractivity (Wildman–Crippen MR) is 82.5 cm³/mol. The maximum atomic E-state index is 14.2. The van der Waals surface area contributed by atoms with Gasteiger partial charge in [-0.15, -0.1) is 0 Å². The molecule has 0 aliphatic rings. The molecule has 3 heterocycles. The van der Waals surface area contributed by atoms with Crippen molar-refractivity contribution in [1.29, 1.82) is 0 Å². The average molecular weight is 308 g/mol. The first kappa shape index (κ1) is 13.5. The molecule has 23 heavy (non-hydrogen) atoms. The van der Waals surface area contributed by atoms with Gasteiger partial charge in [0, 0.05) is 40.7 Å². The van der Waals surface area contributed by atoms with E-state index in [1.165, 1.54) is 24.7 Å². The summed E-state index contributed by atoms with van der Waals surface area (Å²) in [5, 5.41) is 0.851. The average Bonchev–Trinajstić information content (AvgIpc) is 3.01. The number of pyridine rings is 1. The molecule has 0 fully saturated rings. The van der Waals surface area contributed by atoms with Gasteiger partial charge >= 0.3 is 0 Å². The van der Waals surface area contributed by atoms with E-state index in [4.69, 9.17) is 0 Å². The molecule has 0 unspecified atom stereocenters. The number of benzene rings is 1. The van der Waals surface area contributed by atoms with Crippen LogP contribution in [0.1, 0.15) is 0 Å². The Morgan fingerprint density at radius 3 is 2.74 bits per heavy atom. The number of nitrogens with one attached hydrogen (secondary N) is 1. The summed E-state index contributed by atoms with van der Waals surface area (Å²) in [6, 6.07) is 7.75. The Morgan fingerprint density at radius 1 is 0.913 bits per heavy atom. The zero-order chi connectivity index (χ0) is 15.8.